The molecule has 0 aliphatic carbocycles. The van der Waals surface area contributed by atoms with E-state index >= 15 is 0 Å². The van der Waals surface area contributed by atoms with E-state index in [2.05, 4.69) is 36.2 Å². The standard InChI is InChI=1S/C15H11BrN6/c16-13-9-19-14(15-18-6-8-22(13)15)20-11-1-3-12(4-2-11)21-7-5-17-10-21/h1-10H,(H,19,20). The van der Waals surface area contributed by atoms with E-state index in [1.807, 2.05) is 45.6 Å². The van der Waals surface area contributed by atoms with Crippen LogP contribution < -0.4 is 5.32 Å². The molecule has 3 heterocycles. The van der Waals surface area contributed by atoms with Gasteiger partial charge < -0.3 is 9.88 Å². The molecule has 0 aliphatic heterocycles. The minimum atomic E-state index is 0.712. The summed E-state index contributed by atoms with van der Waals surface area (Å²) in [5, 5.41) is 3.29. The van der Waals surface area contributed by atoms with Crippen molar-refractivity contribution in [3.8, 4) is 5.69 Å². The second-order valence-electron chi connectivity index (χ2n) is 4.69. The molecule has 0 amide bonds. The number of rotatable bonds is 3. The number of aromatic nitrogens is 5. The number of halogens is 1. The fraction of sp³-hybridized carbons (Fsp3) is 0. The topological polar surface area (TPSA) is 60.0 Å². The zero-order valence-electron chi connectivity index (χ0n) is 11.4. The van der Waals surface area contributed by atoms with Crippen LogP contribution in [0.15, 0.2) is 66.2 Å². The van der Waals surface area contributed by atoms with Gasteiger partial charge in [-0.2, -0.15) is 0 Å². The molecule has 3 aromatic heterocycles. The molecular weight excluding hydrogens is 344 g/mol. The first-order valence-corrected chi connectivity index (χ1v) is 7.43. The van der Waals surface area contributed by atoms with Crippen molar-refractivity contribution < 1.29 is 0 Å². The molecule has 1 aromatic carbocycles. The van der Waals surface area contributed by atoms with Crippen LogP contribution in [0.4, 0.5) is 11.5 Å². The molecule has 0 spiro atoms. The summed E-state index contributed by atoms with van der Waals surface area (Å²) in [5.41, 5.74) is 2.77. The van der Waals surface area contributed by atoms with Gasteiger partial charge in [0.25, 0.3) is 0 Å². The quantitative estimate of drug-likeness (QED) is 0.612. The summed E-state index contributed by atoms with van der Waals surface area (Å²) in [6, 6.07) is 8.04. The van der Waals surface area contributed by atoms with Gasteiger partial charge in [0, 0.05) is 36.2 Å². The van der Waals surface area contributed by atoms with E-state index < -0.39 is 0 Å². The number of hydrogen-bond acceptors (Lipinski definition) is 4. The van der Waals surface area contributed by atoms with Crippen LogP contribution >= 0.6 is 15.9 Å². The van der Waals surface area contributed by atoms with Crippen LogP contribution in [0.3, 0.4) is 0 Å². The highest BCUT2D eigenvalue weighted by Crippen LogP contribution is 2.22. The summed E-state index contributed by atoms with van der Waals surface area (Å²) in [6.07, 6.45) is 10.8. The van der Waals surface area contributed by atoms with E-state index in [1.165, 1.54) is 0 Å². The second kappa shape index (κ2) is 5.27. The van der Waals surface area contributed by atoms with Crippen molar-refractivity contribution in [2.75, 3.05) is 5.32 Å². The Balaban J connectivity index is 1.65. The van der Waals surface area contributed by atoms with Crippen LogP contribution in [0.5, 0.6) is 0 Å². The van der Waals surface area contributed by atoms with Crippen molar-refractivity contribution in [3.63, 3.8) is 0 Å². The first-order chi connectivity index (χ1) is 10.8. The Kier molecular flexibility index (Phi) is 3.12. The van der Waals surface area contributed by atoms with Crippen molar-refractivity contribution >= 4 is 33.1 Å². The van der Waals surface area contributed by atoms with Crippen molar-refractivity contribution in [1.29, 1.82) is 0 Å². The maximum Gasteiger partial charge on any atom is 0.181 e. The highest BCUT2D eigenvalue weighted by Gasteiger charge is 2.07. The normalized spacial score (nSPS) is 11.0. The average molecular weight is 355 g/mol. The number of benzene rings is 1. The maximum absolute atomic E-state index is 4.39. The summed E-state index contributed by atoms with van der Waals surface area (Å²) >= 11 is 3.45. The summed E-state index contributed by atoms with van der Waals surface area (Å²) in [4.78, 5) is 12.8. The summed E-state index contributed by atoms with van der Waals surface area (Å²) in [6.45, 7) is 0. The first kappa shape index (κ1) is 13.0. The number of fused-ring (bicyclic) bond motifs is 1. The van der Waals surface area contributed by atoms with Crippen molar-refractivity contribution in [1.82, 2.24) is 23.9 Å². The zero-order valence-corrected chi connectivity index (χ0v) is 13.0. The smallest absolute Gasteiger partial charge is 0.181 e. The van der Waals surface area contributed by atoms with Crippen LogP contribution in [0.25, 0.3) is 11.3 Å². The highest BCUT2D eigenvalue weighted by atomic mass is 79.9. The lowest BCUT2D eigenvalue weighted by atomic mass is 10.3. The van der Waals surface area contributed by atoms with Crippen LogP contribution in [-0.4, -0.2) is 23.9 Å². The molecule has 0 bridgehead atoms. The molecule has 0 aliphatic rings. The summed E-state index contributed by atoms with van der Waals surface area (Å²) in [7, 11) is 0. The fourth-order valence-corrected chi connectivity index (χ4v) is 2.63. The van der Waals surface area contributed by atoms with Crippen molar-refractivity contribution in [2.24, 2.45) is 0 Å². The number of imidazole rings is 2. The van der Waals surface area contributed by atoms with Crippen LogP contribution in [0.2, 0.25) is 0 Å². The van der Waals surface area contributed by atoms with Gasteiger partial charge in [-0.25, -0.2) is 15.0 Å². The Bertz CT molecular complexity index is 911. The molecule has 0 saturated carbocycles. The van der Waals surface area contributed by atoms with Gasteiger partial charge in [-0.3, -0.25) is 4.40 Å². The monoisotopic (exact) mass is 354 g/mol. The Morgan fingerprint density at radius 2 is 1.86 bits per heavy atom. The number of hydrogen-bond donors (Lipinski definition) is 1. The van der Waals surface area contributed by atoms with Crippen molar-refractivity contribution in [2.45, 2.75) is 0 Å². The minimum Gasteiger partial charge on any atom is -0.337 e. The Morgan fingerprint density at radius 1 is 1.00 bits per heavy atom. The van der Waals surface area contributed by atoms with E-state index in [0.29, 0.717) is 5.82 Å². The van der Waals surface area contributed by atoms with Gasteiger partial charge in [0.15, 0.2) is 11.5 Å². The molecule has 4 rings (SSSR count). The van der Waals surface area contributed by atoms with E-state index in [1.54, 1.807) is 24.9 Å². The van der Waals surface area contributed by atoms with Crippen LogP contribution in [0, 0.1) is 0 Å². The van der Waals surface area contributed by atoms with Crippen LogP contribution in [0.1, 0.15) is 0 Å². The van der Waals surface area contributed by atoms with Gasteiger partial charge in [0.1, 0.15) is 4.60 Å². The van der Waals surface area contributed by atoms with Gasteiger partial charge in [0.05, 0.1) is 12.5 Å². The van der Waals surface area contributed by atoms with Gasteiger partial charge in [-0.1, -0.05) is 0 Å². The lowest BCUT2D eigenvalue weighted by molar-refractivity contribution is 1.06. The second-order valence-corrected chi connectivity index (χ2v) is 5.50. The molecule has 4 aromatic rings. The molecule has 0 unspecified atom stereocenters. The van der Waals surface area contributed by atoms with Gasteiger partial charge in [-0.15, -0.1) is 0 Å². The predicted octanol–water partition coefficient (Wildman–Crippen LogP) is 3.42. The van der Waals surface area contributed by atoms with Crippen molar-refractivity contribution in [3.05, 3.63) is 66.2 Å². The number of anilines is 2. The van der Waals surface area contributed by atoms with Gasteiger partial charge >= 0.3 is 0 Å². The lowest BCUT2D eigenvalue weighted by Crippen LogP contribution is -1.99. The van der Waals surface area contributed by atoms with Gasteiger partial charge in [-0.05, 0) is 40.2 Å². The Hall–Kier alpha value is -2.67. The first-order valence-electron chi connectivity index (χ1n) is 6.64. The molecule has 0 saturated heterocycles. The third-order valence-corrected chi connectivity index (χ3v) is 3.90. The fourth-order valence-electron chi connectivity index (χ4n) is 2.24. The molecule has 6 nitrogen and oxygen atoms in total. The van der Waals surface area contributed by atoms with E-state index in [4.69, 9.17) is 0 Å². The van der Waals surface area contributed by atoms with Gasteiger partial charge in [0.2, 0.25) is 0 Å². The average Bonchev–Trinajstić information content (AvgIpc) is 3.22. The highest BCUT2D eigenvalue weighted by molar-refractivity contribution is 9.10. The molecule has 0 radical (unpaired) electrons. The predicted molar refractivity (Wildman–Crippen MR) is 87.5 cm³/mol. The van der Waals surface area contributed by atoms with E-state index in [-0.39, 0.29) is 0 Å². The Morgan fingerprint density at radius 3 is 2.64 bits per heavy atom. The zero-order chi connectivity index (χ0) is 14.9. The number of nitrogens with zero attached hydrogens (tertiary/aromatic N) is 5. The molecular formula is C15H11BrN6. The summed E-state index contributed by atoms with van der Waals surface area (Å²) < 4.78 is 4.74. The molecule has 108 valence electrons. The van der Waals surface area contributed by atoms with Crippen LogP contribution in [-0.2, 0) is 0 Å². The summed E-state index contributed by atoms with van der Waals surface area (Å²) in [5.74, 6) is 0.712. The number of nitrogens with one attached hydrogen (secondary N) is 1. The third-order valence-electron chi connectivity index (χ3n) is 3.32. The lowest BCUT2D eigenvalue weighted by Gasteiger charge is -2.09. The maximum atomic E-state index is 4.39. The SMILES string of the molecule is Brc1cnc(Nc2ccc(-n3ccnc3)cc2)c2nccn12. The van der Waals surface area contributed by atoms with E-state index in [0.717, 1.165) is 21.6 Å². The molecule has 0 fully saturated rings. The molecule has 1 N–H and O–H groups in total. The molecule has 22 heavy (non-hydrogen) atoms. The third kappa shape index (κ3) is 2.25. The molecule has 7 heteroatoms. The minimum absolute atomic E-state index is 0.712. The van der Waals surface area contributed by atoms with E-state index in [9.17, 15) is 0 Å². The molecule has 0 atom stereocenters. The largest absolute Gasteiger partial charge is 0.337 e. The Labute approximate surface area is 134 Å².